The molecule has 1 amide bonds. The summed E-state index contributed by atoms with van der Waals surface area (Å²) in [6, 6.07) is 8.59. The molecule has 7 nitrogen and oxygen atoms in total. The highest BCUT2D eigenvalue weighted by Gasteiger charge is 2.21. The number of rotatable bonds is 7. The molecule has 1 aromatic carbocycles. The van der Waals surface area contributed by atoms with Crippen LogP contribution in [-0.4, -0.2) is 41.6 Å². The molecule has 0 aliphatic rings. The van der Waals surface area contributed by atoms with Crippen LogP contribution in [-0.2, 0) is 10.0 Å². The third kappa shape index (κ3) is 6.38. The monoisotopic (exact) mass is 400 g/mol. The van der Waals surface area contributed by atoms with Crippen LogP contribution in [0.1, 0.15) is 31.1 Å². The van der Waals surface area contributed by atoms with E-state index in [1.165, 1.54) is 0 Å². The van der Waals surface area contributed by atoms with Crippen molar-refractivity contribution in [3.05, 3.63) is 35.9 Å². The summed E-state index contributed by atoms with van der Waals surface area (Å²) in [5.41, 5.74) is 0.458. The lowest BCUT2D eigenvalue weighted by molar-refractivity contribution is 0.102. The van der Waals surface area contributed by atoms with Gasteiger partial charge in [0.15, 0.2) is 0 Å². The predicted molar refractivity (Wildman–Crippen MR) is 102 cm³/mol. The molecule has 2 aromatic rings. The third-order valence-electron chi connectivity index (χ3n) is 2.82. The Balaban J connectivity index is 1.94. The first-order valence-corrected chi connectivity index (χ1v) is 10.8. The number of benzene rings is 1. The van der Waals surface area contributed by atoms with Crippen molar-refractivity contribution in [2.45, 2.75) is 29.9 Å². The number of amides is 1. The Hall–Kier alpha value is -1.49. The summed E-state index contributed by atoms with van der Waals surface area (Å²) < 4.78 is 26.8. The molecule has 0 saturated heterocycles. The van der Waals surface area contributed by atoms with Gasteiger partial charge in [0.2, 0.25) is 9.47 Å². The minimum absolute atomic E-state index is 0.0725. The Bertz CT molecular complexity index is 814. The second-order valence-corrected chi connectivity index (χ2v) is 10.9. The highest BCUT2D eigenvalue weighted by Crippen LogP contribution is 2.23. The largest absolute Gasteiger partial charge is 0.296 e. The van der Waals surface area contributed by atoms with Crippen LogP contribution in [0.15, 0.2) is 34.7 Å². The zero-order chi connectivity index (χ0) is 18.5. The second kappa shape index (κ2) is 8.26. The summed E-state index contributed by atoms with van der Waals surface area (Å²) in [4.78, 5) is 12.0. The summed E-state index contributed by atoms with van der Waals surface area (Å²) in [6.07, 6.45) is 0. The maximum absolute atomic E-state index is 12.2. The third-order valence-corrected chi connectivity index (χ3v) is 6.76. The van der Waals surface area contributed by atoms with Crippen LogP contribution in [0.25, 0.3) is 0 Å². The molecular weight excluding hydrogens is 380 g/mol. The molecule has 2 N–H and O–H groups in total. The SMILES string of the molecule is CC(C)(C)SCCNS(=O)(=O)c1nnc(NC(=O)c2ccccc2)s1. The van der Waals surface area contributed by atoms with E-state index in [1.807, 2.05) is 0 Å². The summed E-state index contributed by atoms with van der Waals surface area (Å²) >= 11 is 2.48. The first-order chi connectivity index (χ1) is 11.7. The van der Waals surface area contributed by atoms with E-state index in [2.05, 4.69) is 41.0 Å². The number of hydrogen-bond donors (Lipinski definition) is 2. The fraction of sp³-hybridized carbons (Fsp3) is 0.400. The van der Waals surface area contributed by atoms with Crippen molar-refractivity contribution >= 4 is 44.2 Å². The van der Waals surface area contributed by atoms with Gasteiger partial charge in [-0.05, 0) is 12.1 Å². The van der Waals surface area contributed by atoms with E-state index in [0.29, 0.717) is 17.9 Å². The lowest BCUT2D eigenvalue weighted by Crippen LogP contribution is -2.27. The quantitative estimate of drug-likeness (QED) is 0.547. The Morgan fingerprint density at radius 3 is 2.52 bits per heavy atom. The van der Waals surface area contributed by atoms with Crippen molar-refractivity contribution in [3.8, 4) is 0 Å². The molecule has 0 aliphatic heterocycles. The Kier molecular flexibility index (Phi) is 6.55. The number of thioether (sulfide) groups is 1. The average Bonchev–Trinajstić information content (AvgIpc) is 3.01. The minimum Gasteiger partial charge on any atom is -0.296 e. The molecule has 10 heteroatoms. The molecule has 136 valence electrons. The van der Waals surface area contributed by atoms with E-state index in [9.17, 15) is 13.2 Å². The zero-order valence-corrected chi connectivity index (χ0v) is 16.6. The fourth-order valence-corrected chi connectivity index (χ4v) is 4.64. The molecule has 1 heterocycles. The van der Waals surface area contributed by atoms with Crippen molar-refractivity contribution in [2.24, 2.45) is 0 Å². The predicted octanol–water partition coefficient (Wildman–Crippen LogP) is 2.60. The van der Waals surface area contributed by atoms with Gasteiger partial charge in [-0.15, -0.1) is 10.2 Å². The number of nitrogens with one attached hydrogen (secondary N) is 2. The molecule has 2 rings (SSSR count). The van der Waals surface area contributed by atoms with E-state index in [4.69, 9.17) is 0 Å². The topological polar surface area (TPSA) is 101 Å². The van der Waals surface area contributed by atoms with Gasteiger partial charge in [0, 0.05) is 22.6 Å². The zero-order valence-electron chi connectivity index (χ0n) is 14.1. The molecule has 0 aliphatic carbocycles. The lowest BCUT2D eigenvalue weighted by Gasteiger charge is -2.17. The molecule has 0 radical (unpaired) electrons. The first kappa shape index (κ1) is 19.8. The van der Waals surface area contributed by atoms with Crippen LogP contribution in [0.2, 0.25) is 0 Å². The number of anilines is 1. The van der Waals surface area contributed by atoms with E-state index >= 15 is 0 Å². The van der Waals surface area contributed by atoms with Crippen LogP contribution in [0, 0.1) is 0 Å². The smallest absolute Gasteiger partial charge is 0.269 e. The number of carbonyl (C=O) groups excluding carboxylic acids is 1. The summed E-state index contributed by atoms with van der Waals surface area (Å²) in [5, 5.41) is 10.1. The van der Waals surface area contributed by atoms with E-state index in [0.717, 1.165) is 11.3 Å². The van der Waals surface area contributed by atoms with Gasteiger partial charge < -0.3 is 0 Å². The molecule has 1 aromatic heterocycles. The average molecular weight is 401 g/mol. The van der Waals surface area contributed by atoms with Crippen LogP contribution in [0.4, 0.5) is 5.13 Å². The van der Waals surface area contributed by atoms with E-state index in [1.54, 1.807) is 42.1 Å². The van der Waals surface area contributed by atoms with E-state index < -0.39 is 10.0 Å². The van der Waals surface area contributed by atoms with Crippen molar-refractivity contribution in [1.29, 1.82) is 0 Å². The number of aromatic nitrogens is 2. The summed E-state index contributed by atoms with van der Waals surface area (Å²) in [7, 11) is -3.73. The van der Waals surface area contributed by atoms with Gasteiger partial charge in [0.25, 0.3) is 15.9 Å². The molecular formula is C15H20N4O3S3. The van der Waals surface area contributed by atoms with Gasteiger partial charge in [0.05, 0.1) is 0 Å². The number of sulfonamides is 1. The Labute approximate surface area is 155 Å². The molecule has 0 spiro atoms. The normalized spacial score (nSPS) is 12.1. The van der Waals surface area contributed by atoms with Crippen LogP contribution in [0.3, 0.4) is 0 Å². The number of carbonyl (C=O) groups is 1. The Morgan fingerprint density at radius 1 is 1.20 bits per heavy atom. The van der Waals surface area contributed by atoms with Crippen molar-refractivity contribution in [1.82, 2.24) is 14.9 Å². The molecule has 0 fully saturated rings. The van der Waals surface area contributed by atoms with Crippen molar-refractivity contribution in [3.63, 3.8) is 0 Å². The Morgan fingerprint density at radius 2 is 1.88 bits per heavy atom. The number of hydrogen-bond acceptors (Lipinski definition) is 7. The molecule has 25 heavy (non-hydrogen) atoms. The maximum Gasteiger partial charge on any atom is 0.269 e. The van der Waals surface area contributed by atoms with Gasteiger partial charge in [-0.25, -0.2) is 13.1 Å². The maximum atomic E-state index is 12.2. The van der Waals surface area contributed by atoms with E-state index in [-0.39, 0.29) is 20.1 Å². The fourth-order valence-electron chi connectivity index (χ4n) is 1.72. The highest BCUT2D eigenvalue weighted by molar-refractivity contribution is 8.00. The van der Waals surface area contributed by atoms with Gasteiger partial charge in [-0.1, -0.05) is 50.3 Å². The molecule has 0 atom stereocenters. The lowest BCUT2D eigenvalue weighted by atomic mass is 10.2. The summed E-state index contributed by atoms with van der Waals surface area (Å²) in [6.45, 7) is 6.51. The van der Waals surface area contributed by atoms with Gasteiger partial charge in [-0.3, -0.25) is 10.1 Å². The second-order valence-electron chi connectivity index (χ2n) is 6.05. The molecule has 0 bridgehead atoms. The highest BCUT2D eigenvalue weighted by atomic mass is 32.2. The van der Waals surface area contributed by atoms with Crippen LogP contribution >= 0.6 is 23.1 Å². The van der Waals surface area contributed by atoms with Crippen LogP contribution < -0.4 is 10.0 Å². The number of nitrogens with zero attached hydrogens (tertiary/aromatic N) is 2. The van der Waals surface area contributed by atoms with Crippen molar-refractivity contribution in [2.75, 3.05) is 17.6 Å². The van der Waals surface area contributed by atoms with Gasteiger partial charge >= 0.3 is 0 Å². The molecule has 0 unspecified atom stereocenters. The van der Waals surface area contributed by atoms with Gasteiger partial charge in [0.1, 0.15) is 0 Å². The van der Waals surface area contributed by atoms with Gasteiger partial charge in [-0.2, -0.15) is 11.8 Å². The molecule has 0 saturated carbocycles. The minimum atomic E-state index is -3.73. The van der Waals surface area contributed by atoms with Crippen molar-refractivity contribution < 1.29 is 13.2 Å². The standard InChI is InChI=1S/C15H20N4O3S3/c1-15(2,3)23-10-9-16-25(21,22)14-19-18-13(24-14)17-12(20)11-7-5-4-6-8-11/h4-8,16H,9-10H2,1-3H3,(H,17,18,20). The van der Waals surface area contributed by atoms with Crippen LogP contribution in [0.5, 0.6) is 0 Å². The first-order valence-electron chi connectivity index (χ1n) is 7.51. The summed E-state index contributed by atoms with van der Waals surface area (Å²) in [5.74, 6) is 0.286.